The largest absolute Gasteiger partial charge is 0.453 e. The normalized spacial score (nSPS) is 11.8. The summed E-state index contributed by atoms with van der Waals surface area (Å²) < 4.78 is 18.2. The molecule has 1 atom stereocenters. The number of H-pyrrole nitrogens is 1. The summed E-state index contributed by atoms with van der Waals surface area (Å²) in [5.41, 5.74) is 0.528. The van der Waals surface area contributed by atoms with E-state index in [0.717, 1.165) is 6.07 Å². The number of halogens is 1. The summed E-state index contributed by atoms with van der Waals surface area (Å²) >= 11 is 0. The molecule has 1 amide bonds. The molecule has 2 aromatic carbocycles. The van der Waals surface area contributed by atoms with Crippen LogP contribution in [0.3, 0.4) is 0 Å². The highest BCUT2D eigenvalue weighted by Crippen LogP contribution is 2.11. The first-order chi connectivity index (χ1) is 13.4. The van der Waals surface area contributed by atoms with E-state index in [1.165, 1.54) is 25.1 Å². The van der Waals surface area contributed by atoms with E-state index in [1.807, 2.05) is 0 Å². The maximum absolute atomic E-state index is 13.1. The standard InChI is InChI=1S/C20H18FN3O4/c1-12(19(26)22-14-6-4-5-13(21)11-14)28-18(25)10-9-17-23-16-8-3-2-7-15(16)20(27)24-17/h2-8,11-12H,9-10H2,1H3,(H,22,26)(H,23,24,27)/t12-/m1/s1. The van der Waals surface area contributed by atoms with E-state index < -0.39 is 23.8 Å². The molecule has 0 spiro atoms. The molecular formula is C20H18FN3O4. The molecular weight excluding hydrogens is 365 g/mol. The van der Waals surface area contributed by atoms with Crippen LogP contribution in [-0.4, -0.2) is 27.9 Å². The molecule has 28 heavy (non-hydrogen) atoms. The number of carbonyl (C=O) groups is 2. The van der Waals surface area contributed by atoms with Crippen LogP contribution in [0.5, 0.6) is 0 Å². The van der Waals surface area contributed by atoms with Crippen molar-refractivity contribution in [3.8, 4) is 0 Å². The first-order valence-corrected chi connectivity index (χ1v) is 8.66. The number of aromatic amines is 1. The second kappa shape index (κ2) is 8.43. The lowest BCUT2D eigenvalue weighted by Gasteiger charge is -2.13. The first kappa shape index (κ1) is 19.2. The number of anilines is 1. The van der Waals surface area contributed by atoms with Crippen molar-refractivity contribution in [2.24, 2.45) is 0 Å². The molecule has 0 aliphatic carbocycles. The van der Waals surface area contributed by atoms with Crippen molar-refractivity contribution < 1.29 is 18.7 Å². The molecule has 0 aliphatic rings. The van der Waals surface area contributed by atoms with E-state index >= 15 is 0 Å². The fraction of sp³-hybridized carbons (Fsp3) is 0.200. The Morgan fingerprint density at radius 3 is 2.79 bits per heavy atom. The number of fused-ring (bicyclic) bond motifs is 1. The molecule has 1 heterocycles. The van der Waals surface area contributed by atoms with Gasteiger partial charge in [0.1, 0.15) is 11.6 Å². The maximum Gasteiger partial charge on any atom is 0.307 e. The Labute approximate surface area is 159 Å². The zero-order valence-electron chi connectivity index (χ0n) is 15.1. The quantitative estimate of drug-likeness (QED) is 0.637. The third-order valence-electron chi connectivity index (χ3n) is 4.00. The molecule has 7 nitrogen and oxygen atoms in total. The Morgan fingerprint density at radius 1 is 1.21 bits per heavy atom. The molecule has 0 fully saturated rings. The van der Waals surface area contributed by atoms with Gasteiger partial charge in [-0.05, 0) is 37.3 Å². The molecule has 0 bridgehead atoms. The zero-order chi connectivity index (χ0) is 20.1. The fourth-order valence-electron chi connectivity index (χ4n) is 2.59. The number of rotatable bonds is 6. The highest BCUT2D eigenvalue weighted by Gasteiger charge is 2.18. The predicted octanol–water partition coefficient (Wildman–Crippen LogP) is 2.57. The van der Waals surface area contributed by atoms with E-state index in [4.69, 9.17) is 4.74 Å². The van der Waals surface area contributed by atoms with E-state index in [1.54, 1.807) is 24.3 Å². The Bertz CT molecular complexity index is 1080. The molecule has 3 rings (SSSR count). The van der Waals surface area contributed by atoms with Gasteiger partial charge in [0, 0.05) is 12.1 Å². The molecule has 0 aliphatic heterocycles. The highest BCUT2D eigenvalue weighted by molar-refractivity contribution is 5.95. The molecule has 2 N–H and O–H groups in total. The second-order valence-electron chi connectivity index (χ2n) is 6.16. The third-order valence-corrected chi connectivity index (χ3v) is 4.00. The van der Waals surface area contributed by atoms with Gasteiger partial charge in [-0.2, -0.15) is 0 Å². The molecule has 3 aromatic rings. The van der Waals surface area contributed by atoms with Crippen LogP contribution >= 0.6 is 0 Å². The number of aryl methyl sites for hydroxylation is 1. The smallest absolute Gasteiger partial charge is 0.307 e. The van der Waals surface area contributed by atoms with Gasteiger partial charge in [0.2, 0.25) is 0 Å². The number of aromatic nitrogens is 2. The third kappa shape index (κ3) is 4.79. The SMILES string of the molecule is C[C@@H](OC(=O)CCc1nc2ccccc2c(=O)[nH]1)C(=O)Nc1cccc(F)c1. The Balaban J connectivity index is 1.55. The number of hydrogen-bond donors (Lipinski definition) is 2. The topological polar surface area (TPSA) is 101 Å². The Kier molecular flexibility index (Phi) is 5.78. The monoisotopic (exact) mass is 383 g/mol. The van der Waals surface area contributed by atoms with Crippen LogP contribution in [0.15, 0.2) is 53.3 Å². The highest BCUT2D eigenvalue weighted by atomic mass is 19.1. The molecule has 1 aromatic heterocycles. The van der Waals surface area contributed by atoms with Gasteiger partial charge in [-0.15, -0.1) is 0 Å². The van der Waals surface area contributed by atoms with Gasteiger partial charge in [-0.25, -0.2) is 9.37 Å². The van der Waals surface area contributed by atoms with Crippen LogP contribution < -0.4 is 10.9 Å². The minimum atomic E-state index is -1.06. The van der Waals surface area contributed by atoms with E-state index in [2.05, 4.69) is 15.3 Å². The maximum atomic E-state index is 13.1. The average molecular weight is 383 g/mol. The van der Waals surface area contributed by atoms with Crippen molar-refractivity contribution in [1.29, 1.82) is 0 Å². The molecule has 0 saturated carbocycles. The van der Waals surface area contributed by atoms with Gasteiger partial charge in [-0.1, -0.05) is 18.2 Å². The zero-order valence-corrected chi connectivity index (χ0v) is 15.1. The van der Waals surface area contributed by atoms with Gasteiger partial charge >= 0.3 is 5.97 Å². The van der Waals surface area contributed by atoms with Crippen LogP contribution in [0.4, 0.5) is 10.1 Å². The summed E-state index contributed by atoms with van der Waals surface area (Å²) in [6.45, 7) is 1.42. The molecule has 0 unspecified atom stereocenters. The molecule has 144 valence electrons. The van der Waals surface area contributed by atoms with Crippen LogP contribution in [-0.2, 0) is 20.7 Å². The number of benzene rings is 2. The van der Waals surface area contributed by atoms with Gasteiger partial charge in [0.15, 0.2) is 6.10 Å². The second-order valence-corrected chi connectivity index (χ2v) is 6.16. The van der Waals surface area contributed by atoms with Crippen LogP contribution in [0, 0.1) is 5.82 Å². The number of carbonyl (C=O) groups excluding carboxylic acids is 2. The Hall–Kier alpha value is -3.55. The minimum Gasteiger partial charge on any atom is -0.453 e. The van der Waals surface area contributed by atoms with E-state index in [9.17, 15) is 18.8 Å². The van der Waals surface area contributed by atoms with Crippen molar-refractivity contribution >= 4 is 28.5 Å². The summed E-state index contributed by atoms with van der Waals surface area (Å²) in [5, 5.41) is 2.94. The van der Waals surface area contributed by atoms with Crippen molar-refractivity contribution in [3.05, 3.63) is 70.5 Å². The number of nitrogens with zero attached hydrogens (tertiary/aromatic N) is 1. The lowest BCUT2D eigenvalue weighted by molar-refractivity contribution is -0.153. The first-order valence-electron chi connectivity index (χ1n) is 8.66. The van der Waals surface area contributed by atoms with Gasteiger partial charge < -0.3 is 15.0 Å². The predicted molar refractivity (Wildman–Crippen MR) is 101 cm³/mol. The van der Waals surface area contributed by atoms with Crippen molar-refractivity contribution in [1.82, 2.24) is 9.97 Å². The summed E-state index contributed by atoms with van der Waals surface area (Å²) in [7, 11) is 0. The van der Waals surface area contributed by atoms with Crippen LogP contribution in [0.1, 0.15) is 19.2 Å². The minimum absolute atomic E-state index is 0.0567. The van der Waals surface area contributed by atoms with Crippen molar-refractivity contribution in [3.63, 3.8) is 0 Å². The summed E-state index contributed by atoms with van der Waals surface area (Å²) in [5.74, 6) is -1.31. The van der Waals surface area contributed by atoms with Crippen molar-refractivity contribution in [2.75, 3.05) is 5.32 Å². The number of para-hydroxylation sites is 1. The summed E-state index contributed by atoms with van der Waals surface area (Å²) in [6.07, 6.45) is -0.949. The number of esters is 1. The Morgan fingerprint density at radius 2 is 2.00 bits per heavy atom. The number of hydrogen-bond acceptors (Lipinski definition) is 5. The number of ether oxygens (including phenoxy) is 1. The lowest BCUT2D eigenvalue weighted by atomic mass is 10.2. The summed E-state index contributed by atoms with van der Waals surface area (Å²) in [6, 6.07) is 12.3. The van der Waals surface area contributed by atoms with Gasteiger partial charge in [-0.3, -0.25) is 14.4 Å². The average Bonchev–Trinajstić information content (AvgIpc) is 2.66. The molecule has 8 heteroatoms. The van der Waals surface area contributed by atoms with Crippen LogP contribution in [0.25, 0.3) is 10.9 Å². The fourth-order valence-corrected chi connectivity index (χ4v) is 2.59. The van der Waals surface area contributed by atoms with E-state index in [-0.39, 0.29) is 24.1 Å². The van der Waals surface area contributed by atoms with Gasteiger partial charge in [0.05, 0.1) is 17.3 Å². The molecule has 0 saturated heterocycles. The lowest BCUT2D eigenvalue weighted by Crippen LogP contribution is -2.30. The number of nitrogens with one attached hydrogen (secondary N) is 2. The molecule has 0 radical (unpaired) electrons. The van der Waals surface area contributed by atoms with Crippen molar-refractivity contribution in [2.45, 2.75) is 25.9 Å². The van der Waals surface area contributed by atoms with Crippen LogP contribution in [0.2, 0.25) is 0 Å². The number of amides is 1. The summed E-state index contributed by atoms with van der Waals surface area (Å²) in [4.78, 5) is 43.0. The van der Waals surface area contributed by atoms with E-state index in [0.29, 0.717) is 16.7 Å². The van der Waals surface area contributed by atoms with Gasteiger partial charge in [0.25, 0.3) is 11.5 Å².